The van der Waals surface area contributed by atoms with E-state index >= 15 is 0 Å². The standard InChI is InChI=1S/C23H34O2/c1-15(2)8-12-23-13-9-17(24)14-16(23)4-5-18-19-6-7-21(25)22(19,3)11-10-20(18)23/h8,14,18-21,25H,4-7,9-13H2,1-3H3/t18-,19-,20-,21-,22-,23-/m0/s1. The lowest BCUT2D eigenvalue weighted by Gasteiger charge is -2.58. The molecular weight excluding hydrogens is 308 g/mol. The van der Waals surface area contributed by atoms with Gasteiger partial charge < -0.3 is 5.11 Å². The molecule has 2 nitrogen and oxygen atoms in total. The molecule has 3 fully saturated rings. The van der Waals surface area contributed by atoms with Gasteiger partial charge in [0.1, 0.15) is 0 Å². The first-order chi connectivity index (χ1) is 11.9. The Labute approximate surface area is 152 Å². The molecule has 0 spiro atoms. The van der Waals surface area contributed by atoms with E-state index in [4.69, 9.17) is 0 Å². The molecular formula is C23H34O2. The average molecular weight is 343 g/mol. The quantitative estimate of drug-likeness (QED) is 0.699. The van der Waals surface area contributed by atoms with Crippen LogP contribution in [0, 0.1) is 28.6 Å². The van der Waals surface area contributed by atoms with Gasteiger partial charge in [0, 0.05) is 6.42 Å². The summed E-state index contributed by atoms with van der Waals surface area (Å²) in [7, 11) is 0. The van der Waals surface area contributed by atoms with E-state index in [1.807, 2.05) is 6.08 Å². The van der Waals surface area contributed by atoms with Gasteiger partial charge in [-0.15, -0.1) is 0 Å². The van der Waals surface area contributed by atoms with Crippen molar-refractivity contribution in [1.82, 2.24) is 0 Å². The van der Waals surface area contributed by atoms with E-state index < -0.39 is 0 Å². The van der Waals surface area contributed by atoms with Crippen LogP contribution >= 0.6 is 0 Å². The molecule has 0 aromatic carbocycles. The van der Waals surface area contributed by atoms with Crippen LogP contribution < -0.4 is 0 Å². The predicted molar refractivity (Wildman–Crippen MR) is 101 cm³/mol. The molecule has 0 aliphatic heterocycles. The Morgan fingerprint density at radius 3 is 2.72 bits per heavy atom. The summed E-state index contributed by atoms with van der Waals surface area (Å²) in [5.41, 5.74) is 3.22. The molecule has 4 aliphatic carbocycles. The molecule has 0 aromatic heterocycles. The van der Waals surface area contributed by atoms with Crippen LogP contribution in [0.2, 0.25) is 0 Å². The number of aliphatic hydroxyl groups excluding tert-OH is 1. The first kappa shape index (κ1) is 17.5. The smallest absolute Gasteiger partial charge is 0.155 e. The zero-order valence-corrected chi connectivity index (χ0v) is 16.2. The van der Waals surface area contributed by atoms with Gasteiger partial charge in [-0.05, 0) is 99.9 Å². The summed E-state index contributed by atoms with van der Waals surface area (Å²) in [6.45, 7) is 6.74. The van der Waals surface area contributed by atoms with Crippen LogP contribution in [-0.4, -0.2) is 17.0 Å². The molecule has 0 amide bonds. The van der Waals surface area contributed by atoms with Crippen molar-refractivity contribution >= 4 is 5.78 Å². The number of allylic oxidation sites excluding steroid dienone is 3. The number of rotatable bonds is 2. The van der Waals surface area contributed by atoms with E-state index in [1.54, 1.807) is 0 Å². The lowest BCUT2D eigenvalue weighted by molar-refractivity contribution is -0.118. The molecule has 25 heavy (non-hydrogen) atoms. The summed E-state index contributed by atoms with van der Waals surface area (Å²) in [5, 5.41) is 10.6. The summed E-state index contributed by atoms with van der Waals surface area (Å²) >= 11 is 0. The van der Waals surface area contributed by atoms with Crippen LogP contribution in [0.15, 0.2) is 23.3 Å². The number of hydrogen-bond acceptors (Lipinski definition) is 2. The molecule has 2 heteroatoms. The van der Waals surface area contributed by atoms with Gasteiger partial charge in [-0.2, -0.15) is 0 Å². The molecule has 0 aromatic rings. The highest BCUT2D eigenvalue weighted by Gasteiger charge is 2.59. The van der Waals surface area contributed by atoms with Gasteiger partial charge in [0.2, 0.25) is 0 Å². The van der Waals surface area contributed by atoms with Gasteiger partial charge in [-0.1, -0.05) is 24.1 Å². The number of ketones is 1. The maximum atomic E-state index is 12.1. The summed E-state index contributed by atoms with van der Waals surface area (Å²) < 4.78 is 0. The van der Waals surface area contributed by atoms with Gasteiger partial charge in [0.25, 0.3) is 0 Å². The van der Waals surface area contributed by atoms with Crippen LogP contribution in [-0.2, 0) is 4.79 Å². The monoisotopic (exact) mass is 342 g/mol. The van der Waals surface area contributed by atoms with E-state index in [2.05, 4.69) is 26.8 Å². The Bertz CT molecular complexity index is 626. The van der Waals surface area contributed by atoms with Gasteiger partial charge >= 0.3 is 0 Å². The highest BCUT2D eigenvalue weighted by Crippen LogP contribution is 2.66. The summed E-state index contributed by atoms with van der Waals surface area (Å²) in [6, 6.07) is 0. The van der Waals surface area contributed by atoms with Crippen molar-refractivity contribution in [2.24, 2.45) is 28.6 Å². The van der Waals surface area contributed by atoms with E-state index in [1.165, 1.54) is 30.4 Å². The van der Waals surface area contributed by atoms with Gasteiger partial charge in [0.15, 0.2) is 5.78 Å². The number of hydrogen-bond donors (Lipinski definition) is 1. The third-order valence-electron chi connectivity index (χ3n) is 8.51. The molecule has 0 radical (unpaired) electrons. The van der Waals surface area contributed by atoms with Crippen molar-refractivity contribution in [2.75, 3.05) is 0 Å². The lowest BCUT2D eigenvalue weighted by Crippen LogP contribution is -2.52. The third kappa shape index (κ3) is 2.59. The Morgan fingerprint density at radius 2 is 1.96 bits per heavy atom. The van der Waals surface area contributed by atoms with Crippen molar-refractivity contribution in [3.63, 3.8) is 0 Å². The molecule has 0 heterocycles. The summed E-state index contributed by atoms with van der Waals surface area (Å²) in [6.07, 6.45) is 14.2. The number of carbonyl (C=O) groups is 1. The highest BCUT2D eigenvalue weighted by atomic mass is 16.3. The summed E-state index contributed by atoms with van der Waals surface area (Å²) in [5.74, 6) is 2.48. The number of carbonyl (C=O) groups excluding carboxylic acids is 1. The van der Waals surface area contributed by atoms with E-state index in [9.17, 15) is 9.90 Å². The topological polar surface area (TPSA) is 37.3 Å². The van der Waals surface area contributed by atoms with Gasteiger partial charge in [-0.25, -0.2) is 0 Å². The van der Waals surface area contributed by atoms with Gasteiger partial charge in [-0.3, -0.25) is 4.79 Å². The second-order valence-electron chi connectivity index (χ2n) is 9.83. The highest BCUT2D eigenvalue weighted by molar-refractivity contribution is 5.91. The first-order valence-corrected chi connectivity index (χ1v) is 10.4. The van der Waals surface area contributed by atoms with Crippen molar-refractivity contribution < 1.29 is 9.90 Å². The fourth-order valence-electron chi connectivity index (χ4n) is 7.10. The fraction of sp³-hybridized carbons (Fsp3) is 0.783. The molecule has 4 rings (SSSR count). The Balaban J connectivity index is 1.72. The minimum Gasteiger partial charge on any atom is -0.393 e. The average Bonchev–Trinajstić information content (AvgIpc) is 2.88. The largest absolute Gasteiger partial charge is 0.393 e. The maximum Gasteiger partial charge on any atom is 0.155 e. The molecule has 3 saturated carbocycles. The Kier molecular flexibility index (Phi) is 4.26. The van der Waals surface area contributed by atoms with Crippen LogP contribution in [0.25, 0.3) is 0 Å². The van der Waals surface area contributed by atoms with E-state index in [-0.39, 0.29) is 16.9 Å². The van der Waals surface area contributed by atoms with Gasteiger partial charge in [0.05, 0.1) is 6.10 Å². The zero-order chi connectivity index (χ0) is 17.8. The number of aliphatic hydroxyl groups is 1. The van der Waals surface area contributed by atoms with E-state index in [0.717, 1.165) is 44.4 Å². The second-order valence-corrected chi connectivity index (χ2v) is 9.83. The van der Waals surface area contributed by atoms with Crippen molar-refractivity contribution in [2.45, 2.75) is 84.7 Å². The minimum absolute atomic E-state index is 0.0999. The Morgan fingerprint density at radius 1 is 1.16 bits per heavy atom. The zero-order valence-electron chi connectivity index (χ0n) is 16.2. The molecule has 0 bridgehead atoms. The maximum absolute atomic E-state index is 12.1. The molecule has 6 atom stereocenters. The third-order valence-corrected chi connectivity index (χ3v) is 8.51. The first-order valence-electron chi connectivity index (χ1n) is 10.4. The summed E-state index contributed by atoms with van der Waals surface area (Å²) in [4.78, 5) is 12.1. The van der Waals surface area contributed by atoms with Crippen LogP contribution in [0.5, 0.6) is 0 Å². The predicted octanol–water partition coefficient (Wildman–Crippen LogP) is 5.22. The lowest BCUT2D eigenvalue weighted by atomic mass is 9.46. The SMILES string of the molecule is CC(C)=CC[C@]12CCC(=O)C=C1CC[C@@H]1[C@@H]2CC[C@]2(C)[C@@H](O)CC[C@@H]12. The second kappa shape index (κ2) is 6.08. The van der Waals surface area contributed by atoms with Crippen molar-refractivity contribution in [3.8, 4) is 0 Å². The fourth-order valence-corrected chi connectivity index (χ4v) is 7.10. The van der Waals surface area contributed by atoms with Crippen LogP contribution in [0.4, 0.5) is 0 Å². The Hall–Kier alpha value is -0.890. The normalized spacial score (nSPS) is 45.9. The number of fused-ring (bicyclic) bond motifs is 5. The molecule has 0 saturated heterocycles. The van der Waals surface area contributed by atoms with Crippen LogP contribution in [0.3, 0.4) is 0 Å². The van der Waals surface area contributed by atoms with Crippen LogP contribution in [0.1, 0.15) is 78.6 Å². The minimum atomic E-state index is -0.0999. The molecule has 1 N–H and O–H groups in total. The molecule has 0 unspecified atom stereocenters. The van der Waals surface area contributed by atoms with E-state index in [0.29, 0.717) is 17.6 Å². The molecule has 4 aliphatic rings. The molecule has 138 valence electrons. The van der Waals surface area contributed by atoms with Crippen molar-refractivity contribution in [1.29, 1.82) is 0 Å². The van der Waals surface area contributed by atoms with Crippen molar-refractivity contribution in [3.05, 3.63) is 23.3 Å².